The highest BCUT2D eigenvalue weighted by Gasteiger charge is 2.36. The normalized spacial score (nSPS) is 20.8. The van der Waals surface area contributed by atoms with Crippen LogP contribution >= 0.6 is 0 Å². The van der Waals surface area contributed by atoms with Crippen LogP contribution < -0.4 is 10.1 Å². The molecule has 20 heavy (non-hydrogen) atoms. The van der Waals surface area contributed by atoms with Gasteiger partial charge in [-0.3, -0.25) is 0 Å². The molecule has 0 radical (unpaired) electrons. The summed E-state index contributed by atoms with van der Waals surface area (Å²) in [7, 11) is 1.46. The van der Waals surface area contributed by atoms with Crippen LogP contribution in [0.3, 0.4) is 0 Å². The van der Waals surface area contributed by atoms with Crippen molar-refractivity contribution in [2.45, 2.75) is 25.8 Å². The second-order valence-electron chi connectivity index (χ2n) is 5.33. The van der Waals surface area contributed by atoms with E-state index in [4.69, 9.17) is 9.15 Å². The van der Waals surface area contributed by atoms with Gasteiger partial charge < -0.3 is 14.5 Å². The quantitative estimate of drug-likeness (QED) is 0.889. The predicted molar refractivity (Wildman–Crippen MR) is 75.5 cm³/mol. The Balaban J connectivity index is 1.63. The van der Waals surface area contributed by atoms with Crippen LogP contribution in [0.2, 0.25) is 0 Å². The van der Waals surface area contributed by atoms with E-state index in [2.05, 4.69) is 18.3 Å². The number of ether oxygens (including phenoxy) is 1. The summed E-state index contributed by atoms with van der Waals surface area (Å²) in [4.78, 5) is 0. The number of rotatable bonds is 5. The summed E-state index contributed by atoms with van der Waals surface area (Å²) in [5.74, 6) is 3.18. The molecule has 1 aliphatic carbocycles. The van der Waals surface area contributed by atoms with E-state index in [1.54, 1.807) is 12.1 Å². The minimum absolute atomic E-state index is 0.238. The molecule has 1 heterocycles. The molecule has 1 aliphatic rings. The minimum atomic E-state index is -0.360. The van der Waals surface area contributed by atoms with E-state index in [1.807, 2.05) is 6.07 Å². The molecular formula is C16H18FNO2. The van der Waals surface area contributed by atoms with Gasteiger partial charge in [0.15, 0.2) is 11.6 Å². The average molecular weight is 275 g/mol. The van der Waals surface area contributed by atoms with E-state index < -0.39 is 0 Å². The largest absolute Gasteiger partial charge is 0.494 e. The second-order valence-corrected chi connectivity index (χ2v) is 5.33. The van der Waals surface area contributed by atoms with Gasteiger partial charge in [0.25, 0.3) is 0 Å². The number of nitrogens with one attached hydrogen (secondary N) is 1. The molecule has 0 saturated heterocycles. The van der Waals surface area contributed by atoms with E-state index in [0.29, 0.717) is 12.5 Å². The van der Waals surface area contributed by atoms with Gasteiger partial charge in [0, 0.05) is 17.7 Å². The molecule has 1 aromatic carbocycles. The Kier molecular flexibility index (Phi) is 3.38. The Bertz CT molecular complexity index is 608. The van der Waals surface area contributed by atoms with Crippen LogP contribution in [0.4, 0.5) is 10.1 Å². The monoisotopic (exact) mass is 275 g/mol. The highest BCUT2D eigenvalue weighted by atomic mass is 19.1. The Labute approximate surface area is 117 Å². The third kappa shape index (κ3) is 2.64. The number of hydrogen-bond donors (Lipinski definition) is 1. The molecule has 3 nitrogen and oxygen atoms in total. The lowest BCUT2D eigenvalue weighted by atomic mass is 10.2. The smallest absolute Gasteiger partial charge is 0.165 e. The molecule has 2 atom stereocenters. The van der Waals surface area contributed by atoms with Crippen molar-refractivity contribution in [1.29, 1.82) is 0 Å². The molecule has 0 spiro atoms. The number of halogens is 1. The van der Waals surface area contributed by atoms with Crippen molar-refractivity contribution in [2.24, 2.45) is 5.92 Å². The molecule has 1 N–H and O–H groups in total. The number of anilines is 1. The first-order valence-corrected chi connectivity index (χ1v) is 6.83. The first-order valence-electron chi connectivity index (χ1n) is 6.83. The molecule has 1 aromatic heterocycles. The van der Waals surface area contributed by atoms with Crippen molar-refractivity contribution in [3.05, 3.63) is 47.7 Å². The Morgan fingerprint density at radius 3 is 2.85 bits per heavy atom. The summed E-state index contributed by atoms with van der Waals surface area (Å²) in [6, 6.07) is 8.76. The maximum Gasteiger partial charge on any atom is 0.165 e. The molecule has 2 aromatic rings. The van der Waals surface area contributed by atoms with Crippen molar-refractivity contribution < 1.29 is 13.5 Å². The maximum atomic E-state index is 13.3. The zero-order valence-corrected chi connectivity index (χ0v) is 11.7. The zero-order chi connectivity index (χ0) is 14.1. The third-order valence-electron chi connectivity index (χ3n) is 3.78. The first-order chi connectivity index (χ1) is 9.67. The van der Waals surface area contributed by atoms with Gasteiger partial charge in [-0.05, 0) is 36.6 Å². The average Bonchev–Trinajstić information content (AvgIpc) is 3.00. The fourth-order valence-corrected chi connectivity index (χ4v) is 2.37. The summed E-state index contributed by atoms with van der Waals surface area (Å²) in [6.07, 6.45) is 1.22. The standard InChI is InChI=1S/C16H18FNO2/c1-10-7-13(10)15-6-4-12(20-15)9-18-11-3-5-14(17)16(8-11)19-2/h3-6,8,10,13,18H,7,9H2,1-2H3. The fraction of sp³-hybridized carbons (Fsp3) is 0.375. The van der Waals surface area contributed by atoms with Crippen molar-refractivity contribution in [2.75, 3.05) is 12.4 Å². The van der Waals surface area contributed by atoms with E-state index in [1.165, 1.54) is 19.6 Å². The summed E-state index contributed by atoms with van der Waals surface area (Å²) in [6.45, 7) is 2.81. The van der Waals surface area contributed by atoms with E-state index in [9.17, 15) is 4.39 Å². The van der Waals surface area contributed by atoms with Crippen LogP contribution in [0.5, 0.6) is 5.75 Å². The molecule has 2 unspecified atom stereocenters. The third-order valence-corrected chi connectivity index (χ3v) is 3.78. The summed E-state index contributed by atoms with van der Waals surface area (Å²) in [5, 5.41) is 3.21. The number of benzene rings is 1. The molecule has 0 aliphatic heterocycles. The van der Waals surface area contributed by atoms with Gasteiger partial charge in [-0.1, -0.05) is 6.92 Å². The van der Waals surface area contributed by atoms with Gasteiger partial charge in [-0.15, -0.1) is 0 Å². The van der Waals surface area contributed by atoms with Gasteiger partial charge in [0.1, 0.15) is 11.5 Å². The number of methoxy groups -OCH3 is 1. The number of furan rings is 1. The van der Waals surface area contributed by atoms with Crippen molar-refractivity contribution in [3.8, 4) is 5.75 Å². The molecule has 0 bridgehead atoms. The highest BCUT2D eigenvalue weighted by molar-refractivity contribution is 5.48. The SMILES string of the molecule is COc1cc(NCc2ccc(C3CC3C)o2)ccc1F. The Morgan fingerprint density at radius 2 is 2.15 bits per heavy atom. The summed E-state index contributed by atoms with van der Waals surface area (Å²) in [5.41, 5.74) is 0.806. The molecule has 3 rings (SSSR count). The molecule has 4 heteroatoms. The maximum absolute atomic E-state index is 13.3. The van der Waals surface area contributed by atoms with Crippen molar-refractivity contribution in [1.82, 2.24) is 0 Å². The van der Waals surface area contributed by atoms with E-state index >= 15 is 0 Å². The van der Waals surface area contributed by atoms with Gasteiger partial charge in [-0.25, -0.2) is 4.39 Å². The number of hydrogen-bond acceptors (Lipinski definition) is 3. The van der Waals surface area contributed by atoms with Crippen LogP contribution in [0.25, 0.3) is 0 Å². The van der Waals surface area contributed by atoms with Crippen LogP contribution in [0.15, 0.2) is 34.7 Å². The Hall–Kier alpha value is -1.97. The Morgan fingerprint density at radius 1 is 1.35 bits per heavy atom. The minimum Gasteiger partial charge on any atom is -0.494 e. The summed E-state index contributed by atoms with van der Waals surface area (Å²) >= 11 is 0. The van der Waals surface area contributed by atoms with E-state index in [0.717, 1.165) is 23.1 Å². The molecule has 1 fully saturated rings. The molecule has 1 saturated carbocycles. The second kappa shape index (κ2) is 5.19. The topological polar surface area (TPSA) is 34.4 Å². The lowest BCUT2D eigenvalue weighted by molar-refractivity contribution is 0.387. The molecule has 0 amide bonds. The van der Waals surface area contributed by atoms with Gasteiger partial charge >= 0.3 is 0 Å². The van der Waals surface area contributed by atoms with Gasteiger partial charge in [-0.2, -0.15) is 0 Å². The van der Waals surface area contributed by atoms with Crippen LogP contribution in [0.1, 0.15) is 30.8 Å². The fourth-order valence-electron chi connectivity index (χ4n) is 2.37. The van der Waals surface area contributed by atoms with Crippen LogP contribution in [-0.4, -0.2) is 7.11 Å². The van der Waals surface area contributed by atoms with Crippen molar-refractivity contribution >= 4 is 5.69 Å². The summed E-state index contributed by atoms with van der Waals surface area (Å²) < 4.78 is 24.1. The van der Waals surface area contributed by atoms with Gasteiger partial charge in [0.2, 0.25) is 0 Å². The van der Waals surface area contributed by atoms with E-state index in [-0.39, 0.29) is 11.6 Å². The molecular weight excluding hydrogens is 257 g/mol. The van der Waals surface area contributed by atoms with Gasteiger partial charge in [0.05, 0.1) is 13.7 Å². The predicted octanol–water partition coefficient (Wildman–Crippen LogP) is 4.16. The highest BCUT2D eigenvalue weighted by Crippen LogP contribution is 2.47. The first kappa shape index (κ1) is 13.0. The van der Waals surface area contributed by atoms with Crippen LogP contribution in [-0.2, 0) is 6.54 Å². The van der Waals surface area contributed by atoms with Crippen LogP contribution in [0, 0.1) is 11.7 Å². The van der Waals surface area contributed by atoms with Crippen molar-refractivity contribution in [3.63, 3.8) is 0 Å². The zero-order valence-electron chi connectivity index (χ0n) is 11.7. The molecule has 106 valence electrons. The lowest BCUT2D eigenvalue weighted by Gasteiger charge is -2.07. The lowest BCUT2D eigenvalue weighted by Crippen LogP contribution is -1.99.